The summed E-state index contributed by atoms with van der Waals surface area (Å²) < 4.78 is 7.07. The van der Waals surface area contributed by atoms with Crippen LogP contribution in [0.5, 0.6) is 0 Å². The number of unbranched alkanes of at least 4 members (excludes halogenated alkanes) is 14. The molecule has 0 aliphatic rings. The van der Waals surface area contributed by atoms with Gasteiger partial charge in [0.25, 0.3) is 0 Å². The van der Waals surface area contributed by atoms with Gasteiger partial charge in [-0.2, -0.15) is 0 Å². The van der Waals surface area contributed by atoms with Crippen LogP contribution in [0.3, 0.4) is 0 Å². The van der Waals surface area contributed by atoms with Crippen LogP contribution in [0.1, 0.15) is 128 Å². The zero-order valence-electron chi connectivity index (χ0n) is 35.9. The minimum absolute atomic E-state index is 1.10. The van der Waals surface area contributed by atoms with Crippen LogP contribution >= 0.6 is 31.9 Å². The Morgan fingerprint density at radius 1 is 0.333 bits per heavy atom. The number of aromatic nitrogens is 2. The minimum Gasteiger partial charge on any atom is -0.309 e. The first-order valence-electron chi connectivity index (χ1n) is 23.2. The van der Waals surface area contributed by atoms with Crippen molar-refractivity contribution in [2.45, 2.75) is 129 Å². The predicted molar refractivity (Wildman–Crippen MR) is 269 cm³/mol. The number of fused-ring (bicyclic) bond motifs is 6. The maximum absolute atomic E-state index is 3.78. The summed E-state index contributed by atoms with van der Waals surface area (Å²) >= 11 is 7.56. The lowest BCUT2D eigenvalue weighted by Gasteiger charge is -2.12. The summed E-state index contributed by atoms with van der Waals surface area (Å²) in [5.74, 6) is 0. The summed E-state index contributed by atoms with van der Waals surface area (Å²) in [6.07, 6.45) is 23.9. The zero-order valence-corrected chi connectivity index (χ0v) is 39.1. The molecule has 0 fully saturated rings. The van der Waals surface area contributed by atoms with E-state index in [9.17, 15) is 0 Å². The Morgan fingerprint density at radius 3 is 1.08 bits per heavy atom. The van der Waals surface area contributed by atoms with Gasteiger partial charge in [0.1, 0.15) is 0 Å². The molecule has 0 N–H and O–H groups in total. The third kappa shape index (κ3) is 9.82. The van der Waals surface area contributed by atoms with Crippen LogP contribution in [0.15, 0.2) is 130 Å². The van der Waals surface area contributed by atoms with Gasteiger partial charge in [0.05, 0.1) is 22.1 Å². The van der Waals surface area contributed by atoms with E-state index < -0.39 is 0 Å². The Kier molecular flexibility index (Phi) is 14.6. The molecule has 2 nitrogen and oxygen atoms in total. The van der Waals surface area contributed by atoms with E-state index >= 15 is 0 Å². The van der Waals surface area contributed by atoms with Crippen LogP contribution < -0.4 is 0 Å². The summed E-state index contributed by atoms with van der Waals surface area (Å²) in [7, 11) is 0. The lowest BCUT2D eigenvalue weighted by molar-refractivity contribution is 0.575. The van der Waals surface area contributed by atoms with Gasteiger partial charge in [0.2, 0.25) is 0 Å². The summed E-state index contributed by atoms with van der Waals surface area (Å²) in [5.41, 5.74) is 12.7. The van der Waals surface area contributed by atoms with Crippen LogP contribution in [0.4, 0.5) is 0 Å². The molecule has 0 unspecified atom stereocenters. The summed E-state index contributed by atoms with van der Waals surface area (Å²) in [4.78, 5) is 0. The summed E-state index contributed by atoms with van der Waals surface area (Å²) in [5, 5.41) is 5.29. The Labute approximate surface area is 375 Å². The number of nitrogens with zero attached hydrogens (tertiary/aromatic N) is 2. The van der Waals surface area contributed by atoms with Gasteiger partial charge < -0.3 is 9.13 Å². The molecule has 0 atom stereocenters. The predicted octanol–water partition coefficient (Wildman–Crippen LogP) is 18.4. The largest absolute Gasteiger partial charge is 0.309 e. The maximum Gasteiger partial charge on any atom is 0.0552 e. The zero-order chi connectivity index (χ0) is 41.3. The van der Waals surface area contributed by atoms with Gasteiger partial charge >= 0.3 is 0 Å². The molecule has 8 aromatic rings. The molecule has 2 aromatic heterocycles. The highest BCUT2D eigenvalue weighted by Gasteiger charge is 2.16. The Morgan fingerprint density at radius 2 is 0.700 bits per heavy atom. The molecule has 0 aliphatic heterocycles. The van der Waals surface area contributed by atoms with Crippen LogP contribution in [0.25, 0.3) is 66.1 Å². The van der Waals surface area contributed by atoms with Crippen molar-refractivity contribution in [2.75, 3.05) is 0 Å². The molecule has 0 bridgehead atoms. The second kappa shape index (κ2) is 20.6. The van der Waals surface area contributed by atoms with Gasteiger partial charge in [-0.25, -0.2) is 0 Å². The summed E-state index contributed by atoms with van der Waals surface area (Å²) in [6.45, 7) is 4.59. The molecule has 0 saturated carbocycles. The van der Waals surface area contributed by atoms with Crippen molar-refractivity contribution >= 4 is 75.5 Å². The minimum atomic E-state index is 1.10. The molecule has 0 spiro atoms. The Bertz CT molecular complexity index is 2460. The highest BCUT2D eigenvalue weighted by atomic mass is 79.9. The fourth-order valence-electron chi connectivity index (χ4n) is 9.48. The third-order valence-corrected chi connectivity index (χ3v) is 13.8. The van der Waals surface area contributed by atoms with Crippen LogP contribution in [-0.2, 0) is 12.8 Å². The third-order valence-electron chi connectivity index (χ3n) is 12.8. The number of halogens is 2. The molecule has 6 aromatic carbocycles. The second-order valence-electron chi connectivity index (χ2n) is 17.2. The van der Waals surface area contributed by atoms with E-state index in [0.717, 1.165) is 21.8 Å². The quantitative estimate of drug-likeness (QED) is 0.0636. The average molecular weight is 923 g/mol. The maximum atomic E-state index is 3.78. The van der Waals surface area contributed by atoms with Crippen molar-refractivity contribution in [1.82, 2.24) is 9.13 Å². The number of aryl methyl sites for hydroxylation is 2. The topological polar surface area (TPSA) is 9.86 Å². The van der Waals surface area contributed by atoms with Gasteiger partial charge in [-0.15, -0.1) is 0 Å². The van der Waals surface area contributed by atoms with E-state index in [0.29, 0.717) is 0 Å². The van der Waals surface area contributed by atoms with E-state index in [1.807, 2.05) is 0 Å². The fourth-order valence-corrected chi connectivity index (χ4v) is 10.2. The normalized spacial score (nSPS) is 11.9. The van der Waals surface area contributed by atoms with E-state index in [2.05, 4.69) is 176 Å². The van der Waals surface area contributed by atoms with Crippen molar-refractivity contribution in [3.63, 3.8) is 0 Å². The Balaban J connectivity index is 0.997. The molecule has 0 saturated heterocycles. The van der Waals surface area contributed by atoms with Gasteiger partial charge in [-0.3, -0.25) is 0 Å². The fraction of sp³-hybridized carbons (Fsp3) is 0.357. The SMILES string of the molecule is CCCCCCCCCCc1ccc2c(c1)c1ccc(Br)cc1n2-c1ccc(-c2ccc(-n3c4ccc(CCCCCCCCCC)cc4c4ccc(Br)cc43)cc2)cc1. The first-order chi connectivity index (χ1) is 29.5. The van der Waals surface area contributed by atoms with E-state index in [4.69, 9.17) is 0 Å². The van der Waals surface area contributed by atoms with E-state index in [1.54, 1.807) is 0 Å². The molecule has 8 rings (SSSR count). The molecule has 0 amide bonds. The highest BCUT2D eigenvalue weighted by Crippen LogP contribution is 2.37. The smallest absolute Gasteiger partial charge is 0.0552 e. The Hall–Kier alpha value is -4.12. The molecule has 0 aliphatic carbocycles. The van der Waals surface area contributed by atoms with Crippen molar-refractivity contribution in [1.29, 1.82) is 0 Å². The van der Waals surface area contributed by atoms with Crippen molar-refractivity contribution in [3.05, 3.63) is 141 Å². The van der Waals surface area contributed by atoms with Crippen LogP contribution in [0.2, 0.25) is 0 Å². The number of hydrogen-bond acceptors (Lipinski definition) is 0. The molecule has 4 heteroatoms. The van der Waals surface area contributed by atoms with Crippen molar-refractivity contribution in [2.24, 2.45) is 0 Å². The van der Waals surface area contributed by atoms with E-state index in [1.165, 1.54) is 180 Å². The molecule has 60 heavy (non-hydrogen) atoms. The van der Waals surface area contributed by atoms with Gasteiger partial charge in [-0.05, 0) is 121 Å². The molecule has 0 radical (unpaired) electrons. The van der Waals surface area contributed by atoms with Crippen molar-refractivity contribution < 1.29 is 0 Å². The first kappa shape index (κ1) is 42.6. The van der Waals surface area contributed by atoms with Crippen molar-refractivity contribution in [3.8, 4) is 22.5 Å². The number of hydrogen-bond donors (Lipinski definition) is 0. The highest BCUT2D eigenvalue weighted by molar-refractivity contribution is 9.10. The molecular formula is C56H62Br2N2. The number of rotatable bonds is 21. The summed E-state index contributed by atoms with van der Waals surface area (Å²) in [6, 6.07) is 46.0. The van der Waals surface area contributed by atoms with E-state index in [-0.39, 0.29) is 0 Å². The molecule has 2 heterocycles. The van der Waals surface area contributed by atoms with Gasteiger partial charge in [0, 0.05) is 41.9 Å². The second-order valence-corrected chi connectivity index (χ2v) is 19.1. The lowest BCUT2D eigenvalue weighted by atomic mass is 10.0. The van der Waals surface area contributed by atoms with Gasteiger partial charge in [0.15, 0.2) is 0 Å². The molecular weight excluding hydrogens is 860 g/mol. The van der Waals surface area contributed by atoms with Crippen LogP contribution in [0, 0.1) is 0 Å². The standard InChI is InChI=1S/C56H62Br2N2/c1-3-5-7-9-11-13-15-17-19-41-21-35-53-51(37-41)49-33-27-45(57)39-55(49)59(53)47-29-23-43(24-30-47)44-25-31-48(32-26-44)60-54-36-22-42(20-18-16-14-12-10-8-6-4-2)38-52(54)50-34-28-46(58)40-56(50)60/h21-40H,3-20H2,1-2H3. The van der Waals surface area contributed by atoms with Crippen LogP contribution in [-0.4, -0.2) is 9.13 Å². The number of benzene rings is 6. The first-order valence-corrected chi connectivity index (χ1v) is 24.8. The monoisotopic (exact) mass is 920 g/mol. The lowest BCUT2D eigenvalue weighted by Crippen LogP contribution is -1.95. The average Bonchev–Trinajstić information content (AvgIpc) is 3.76. The van der Waals surface area contributed by atoms with Gasteiger partial charge in [-0.1, -0.05) is 184 Å². The molecule has 310 valence electrons.